The van der Waals surface area contributed by atoms with E-state index in [9.17, 15) is 0 Å². The van der Waals surface area contributed by atoms with E-state index >= 15 is 0 Å². The van der Waals surface area contributed by atoms with E-state index in [1.54, 1.807) is 0 Å². The lowest BCUT2D eigenvalue weighted by atomic mass is 10.0. The van der Waals surface area contributed by atoms with Crippen molar-refractivity contribution in [2.75, 3.05) is 18.0 Å². The molecular weight excluding hydrogens is 382 g/mol. The molecule has 3 aromatic heterocycles. The van der Waals surface area contributed by atoms with Gasteiger partial charge in [0.25, 0.3) is 0 Å². The van der Waals surface area contributed by atoms with E-state index in [0.29, 0.717) is 6.04 Å². The summed E-state index contributed by atoms with van der Waals surface area (Å²) < 4.78 is 2.16. The lowest BCUT2D eigenvalue weighted by Crippen LogP contribution is -2.21. The summed E-state index contributed by atoms with van der Waals surface area (Å²) in [5.74, 6) is 1.06. The number of anilines is 1. The number of imidazole rings is 1. The average Bonchev–Trinajstić information content (AvgIpc) is 3.48. The van der Waals surface area contributed by atoms with Crippen LogP contribution in [0, 0.1) is 0 Å². The van der Waals surface area contributed by atoms with E-state index in [2.05, 4.69) is 88.2 Å². The van der Waals surface area contributed by atoms with E-state index < -0.39 is 0 Å². The molecule has 0 unspecified atom stereocenters. The Balaban J connectivity index is 1.45. The second-order valence-electron chi connectivity index (χ2n) is 8.62. The maximum atomic E-state index is 4.71. The molecule has 0 radical (unpaired) electrons. The highest BCUT2D eigenvalue weighted by molar-refractivity contribution is 5.72. The second kappa shape index (κ2) is 8.52. The zero-order chi connectivity index (χ0) is 21.2. The normalized spacial score (nSPS) is 14.1. The number of benzene rings is 1. The SMILES string of the molecule is CC(C)NCc1cccc(-c2ccn3c(-c4ccnc(N5CCCC5)c4)cnc3c2)c1. The summed E-state index contributed by atoms with van der Waals surface area (Å²) in [5, 5.41) is 3.49. The quantitative estimate of drug-likeness (QED) is 0.476. The van der Waals surface area contributed by atoms with Gasteiger partial charge in [-0.15, -0.1) is 0 Å². The van der Waals surface area contributed by atoms with Crippen molar-refractivity contribution in [3.05, 3.63) is 72.7 Å². The maximum absolute atomic E-state index is 4.71. The molecule has 31 heavy (non-hydrogen) atoms. The zero-order valence-corrected chi connectivity index (χ0v) is 18.3. The van der Waals surface area contributed by atoms with Gasteiger partial charge in [-0.05, 0) is 59.9 Å². The molecule has 1 saturated heterocycles. The molecule has 1 aliphatic rings. The highest BCUT2D eigenvalue weighted by atomic mass is 15.2. The fraction of sp³-hybridized carbons (Fsp3) is 0.308. The van der Waals surface area contributed by atoms with Gasteiger partial charge in [0, 0.05) is 43.6 Å². The van der Waals surface area contributed by atoms with Gasteiger partial charge in [-0.2, -0.15) is 0 Å². The van der Waals surface area contributed by atoms with Crippen molar-refractivity contribution in [3.63, 3.8) is 0 Å². The van der Waals surface area contributed by atoms with Crippen molar-refractivity contribution >= 4 is 11.5 Å². The van der Waals surface area contributed by atoms with Crippen LogP contribution in [-0.4, -0.2) is 33.5 Å². The molecule has 0 atom stereocenters. The fourth-order valence-corrected chi connectivity index (χ4v) is 4.25. The van der Waals surface area contributed by atoms with Crippen LogP contribution in [0.2, 0.25) is 0 Å². The van der Waals surface area contributed by atoms with Gasteiger partial charge in [0.1, 0.15) is 11.5 Å². The average molecular weight is 412 g/mol. The van der Waals surface area contributed by atoms with Crippen molar-refractivity contribution < 1.29 is 0 Å². The van der Waals surface area contributed by atoms with Crippen LogP contribution >= 0.6 is 0 Å². The van der Waals surface area contributed by atoms with Crippen molar-refractivity contribution in [1.82, 2.24) is 19.7 Å². The molecule has 0 amide bonds. The summed E-state index contributed by atoms with van der Waals surface area (Å²) in [6.07, 6.45) is 8.50. The number of hydrogen-bond acceptors (Lipinski definition) is 4. The van der Waals surface area contributed by atoms with Gasteiger partial charge in [-0.1, -0.05) is 32.0 Å². The number of hydrogen-bond donors (Lipinski definition) is 1. The molecule has 1 aliphatic heterocycles. The summed E-state index contributed by atoms with van der Waals surface area (Å²) in [6.45, 7) is 7.41. The molecule has 0 aliphatic carbocycles. The van der Waals surface area contributed by atoms with Gasteiger partial charge in [0.2, 0.25) is 0 Å². The standard InChI is InChI=1S/C26H29N5/c1-19(2)28-17-20-6-5-7-21(14-20)22-9-13-31-24(18-29-26(31)15-22)23-8-10-27-25(16-23)30-11-3-4-12-30/h5-10,13-16,18-19,28H,3-4,11-12,17H2,1-2H3. The Bertz CT molecular complexity index is 1190. The molecule has 1 fully saturated rings. The Morgan fingerprint density at radius 2 is 1.77 bits per heavy atom. The van der Waals surface area contributed by atoms with E-state index in [-0.39, 0.29) is 0 Å². The van der Waals surface area contributed by atoms with Gasteiger partial charge in [0.05, 0.1) is 11.9 Å². The summed E-state index contributed by atoms with van der Waals surface area (Å²) in [4.78, 5) is 11.7. The third kappa shape index (κ3) is 4.19. The molecule has 0 spiro atoms. The third-order valence-corrected chi connectivity index (χ3v) is 5.96. The molecule has 5 rings (SSSR count). The first-order chi connectivity index (χ1) is 15.2. The Labute approximate surface area is 183 Å². The molecule has 5 nitrogen and oxygen atoms in total. The number of rotatable bonds is 6. The van der Waals surface area contributed by atoms with Crippen molar-refractivity contribution in [2.45, 2.75) is 39.3 Å². The second-order valence-corrected chi connectivity index (χ2v) is 8.62. The van der Waals surface area contributed by atoms with Crippen molar-refractivity contribution in [2.24, 2.45) is 0 Å². The van der Waals surface area contributed by atoms with E-state index in [4.69, 9.17) is 4.98 Å². The molecule has 1 aromatic carbocycles. The topological polar surface area (TPSA) is 45.5 Å². The lowest BCUT2D eigenvalue weighted by Gasteiger charge is -2.16. The Hall–Kier alpha value is -3.18. The lowest BCUT2D eigenvalue weighted by molar-refractivity contribution is 0.589. The van der Waals surface area contributed by atoms with Crippen LogP contribution in [0.1, 0.15) is 32.3 Å². The van der Waals surface area contributed by atoms with Gasteiger partial charge in [-0.25, -0.2) is 9.97 Å². The predicted octanol–water partition coefficient (Wildman–Crippen LogP) is 5.16. The first kappa shape index (κ1) is 19.8. The molecule has 5 heteroatoms. The summed E-state index contributed by atoms with van der Waals surface area (Å²) in [6, 6.07) is 17.8. The molecule has 4 heterocycles. The van der Waals surface area contributed by atoms with Crippen LogP contribution < -0.4 is 10.2 Å². The van der Waals surface area contributed by atoms with Crippen LogP contribution in [-0.2, 0) is 6.54 Å². The van der Waals surface area contributed by atoms with Crippen LogP contribution in [0.5, 0.6) is 0 Å². The highest BCUT2D eigenvalue weighted by Gasteiger charge is 2.15. The first-order valence-corrected chi connectivity index (χ1v) is 11.2. The van der Waals surface area contributed by atoms with E-state index in [1.165, 1.54) is 29.5 Å². The van der Waals surface area contributed by atoms with E-state index in [1.807, 2.05) is 12.4 Å². The zero-order valence-electron chi connectivity index (χ0n) is 18.3. The summed E-state index contributed by atoms with van der Waals surface area (Å²) in [5.41, 5.74) is 6.90. The minimum atomic E-state index is 0.475. The molecule has 0 bridgehead atoms. The van der Waals surface area contributed by atoms with Gasteiger partial charge < -0.3 is 10.2 Å². The van der Waals surface area contributed by atoms with Crippen LogP contribution in [0.15, 0.2) is 67.1 Å². The third-order valence-electron chi connectivity index (χ3n) is 5.96. The van der Waals surface area contributed by atoms with Crippen molar-refractivity contribution in [1.29, 1.82) is 0 Å². The van der Waals surface area contributed by atoms with Crippen LogP contribution in [0.25, 0.3) is 28.0 Å². The molecule has 158 valence electrons. The number of aromatic nitrogens is 3. The van der Waals surface area contributed by atoms with Gasteiger partial charge in [0.15, 0.2) is 0 Å². The minimum Gasteiger partial charge on any atom is -0.357 e. The van der Waals surface area contributed by atoms with Gasteiger partial charge >= 0.3 is 0 Å². The molecule has 1 N–H and O–H groups in total. The molecule has 0 saturated carbocycles. The maximum Gasteiger partial charge on any atom is 0.137 e. The highest BCUT2D eigenvalue weighted by Crippen LogP contribution is 2.28. The molecular formula is C26H29N5. The first-order valence-electron chi connectivity index (χ1n) is 11.2. The van der Waals surface area contributed by atoms with E-state index in [0.717, 1.165) is 42.4 Å². The Kier molecular flexibility index (Phi) is 5.43. The summed E-state index contributed by atoms with van der Waals surface area (Å²) in [7, 11) is 0. The molecule has 4 aromatic rings. The Morgan fingerprint density at radius 1 is 0.935 bits per heavy atom. The number of nitrogens with one attached hydrogen (secondary N) is 1. The number of pyridine rings is 2. The fourth-order valence-electron chi connectivity index (χ4n) is 4.25. The minimum absolute atomic E-state index is 0.475. The smallest absolute Gasteiger partial charge is 0.137 e. The van der Waals surface area contributed by atoms with Crippen molar-refractivity contribution in [3.8, 4) is 22.4 Å². The predicted molar refractivity (Wildman–Crippen MR) is 127 cm³/mol. The van der Waals surface area contributed by atoms with Crippen LogP contribution in [0.3, 0.4) is 0 Å². The largest absolute Gasteiger partial charge is 0.357 e. The van der Waals surface area contributed by atoms with Gasteiger partial charge in [-0.3, -0.25) is 4.40 Å². The number of fused-ring (bicyclic) bond motifs is 1. The Morgan fingerprint density at radius 3 is 2.61 bits per heavy atom. The summed E-state index contributed by atoms with van der Waals surface area (Å²) >= 11 is 0. The van der Waals surface area contributed by atoms with Crippen LogP contribution in [0.4, 0.5) is 5.82 Å². The number of nitrogens with zero attached hydrogens (tertiary/aromatic N) is 4. The monoisotopic (exact) mass is 411 g/mol.